The quantitative estimate of drug-likeness (QED) is 0.924. The standard InChI is InChI=1S/C20H26N2O/c1-14-11-15(2)13-22(12-14)20(23)16(3)21-19-10-6-8-17-7-4-5-9-18(17)19/h4-10,14-16,21H,11-13H2,1-3H3/t14-,15+,16-/m1/s1. The topological polar surface area (TPSA) is 32.3 Å². The van der Waals surface area contributed by atoms with Crippen LogP contribution in [0.2, 0.25) is 0 Å². The van der Waals surface area contributed by atoms with Gasteiger partial charge in [-0.05, 0) is 36.6 Å². The van der Waals surface area contributed by atoms with E-state index in [2.05, 4.69) is 37.4 Å². The molecular weight excluding hydrogens is 284 g/mol. The fourth-order valence-electron chi connectivity index (χ4n) is 3.76. The van der Waals surface area contributed by atoms with Gasteiger partial charge in [0.2, 0.25) is 5.91 Å². The fraction of sp³-hybridized carbons (Fsp3) is 0.450. The highest BCUT2D eigenvalue weighted by molar-refractivity contribution is 5.95. The molecule has 3 heteroatoms. The molecule has 1 N–H and O–H groups in total. The number of carbonyl (C=O) groups excluding carboxylic acids is 1. The monoisotopic (exact) mass is 310 g/mol. The van der Waals surface area contributed by atoms with E-state index in [1.54, 1.807) is 0 Å². The Labute approximate surface area is 138 Å². The van der Waals surface area contributed by atoms with Gasteiger partial charge >= 0.3 is 0 Å². The zero-order valence-corrected chi connectivity index (χ0v) is 14.3. The van der Waals surface area contributed by atoms with Gasteiger partial charge in [0.05, 0.1) is 0 Å². The third kappa shape index (κ3) is 3.49. The van der Waals surface area contributed by atoms with Crippen LogP contribution in [0.3, 0.4) is 0 Å². The summed E-state index contributed by atoms with van der Waals surface area (Å²) in [7, 11) is 0. The minimum absolute atomic E-state index is 0.205. The summed E-state index contributed by atoms with van der Waals surface area (Å²) < 4.78 is 0. The fourth-order valence-corrected chi connectivity index (χ4v) is 3.76. The smallest absolute Gasteiger partial charge is 0.244 e. The number of likely N-dealkylation sites (tertiary alicyclic amines) is 1. The number of nitrogens with zero attached hydrogens (tertiary/aromatic N) is 1. The van der Waals surface area contributed by atoms with Crippen LogP contribution in [0, 0.1) is 11.8 Å². The molecule has 3 atom stereocenters. The van der Waals surface area contributed by atoms with Gasteiger partial charge in [-0.25, -0.2) is 0 Å². The minimum Gasteiger partial charge on any atom is -0.373 e. The first-order valence-electron chi connectivity index (χ1n) is 8.57. The van der Waals surface area contributed by atoms with E-state index in [1.165, 1.54) is 11.8 Å². The van der Waals surface area contributed by atoms with Gasteiger partial charge in [-0.2, -0.15) is 0 Å². The first-order chi connectivity index (χ1) is 11.0. The van der Waals surface area contributed by atoms with E-state index in [0.717, 1.165) is 24.2 Å². The molecule has 0 aromatic heterocycles. The molecule has 1 fully saturated rings. The summed E-state index contributed by atoms with van der Waals surface area (Å²) in [6, 6.07) is 14.2. The van der Waals surface area contributed by atoms with Gasteiger partial charge in [-0.3, -0.25) is 4.79 Å². The summed E-state index contributed by atoms with van der Waals surface area (Å²) in [6.07, 6.45) is 1.22. The number of rotatable bonds is 3. The molecule has 0 saturated carbocycles. The zero-order chi connectivity index (χ0) is 16.4. The lowest BCUT2D eigenvalue weighted by Gasteiger charge is -2.36. The van der Waals surface area contributed by atoms with E-state index >= 15 is 0 Å². The Hall–Kier alpha value is -2.03. The number of fused-ring (bicyclic) bond motifs is 1. The summed E-state index contributed by atoms with van der Waals surface area (Å²) >= 11 is 0. The second-order valence-electron chi connectivity index (χ2n) is 7.08. The molecule has 0 unspecified atom stereocenters. The van der Waals surface area contributed by atoms with Crippen LogP contribution in [0.5, 0.6) is 0 Å². The van der Waals surface area contributed by atoms with Crippen molar-refractivity contribution in [3.8, 4) is 0 Å². The van der Waals surface area contributed by atoms with E-state index in [-0.39, 0.29) is 11.9 Å². The van der Waals surface area contributed by atoms with E-state index in [4.69, 9.17) is 0 Å². The molecule has 0 spiro atoms. The number of hydrogen-bond donors (Lipinski definition) is 1. The van der Waals surface area contributed by atoms with Gasteiger partial charge in [-0.15, -0.1) is 0 Å². The molecule has 3 rings (SSSR count). The maximum Gasteiger partial charge on any atom is 0.244 e. The van der Waals surface area contributed by atoms with Crippen LogP contribution in [0.4, 0.5) is 5.69 Å². The maximum absolute atomic E-state index is 12.8. The Morgan fingerprint density at radius 1 is 1.09 bits per heavy atom. The van der Waals surface area contributed by atoms with Crippen molar-refractivity contribution in [1.82, 2.24) is 4.90 Å². The average Bonchev–Trinajstić information content (AvgIpc) is 2.53. The summed E-state index contributed by atoms with van der Waals surface area (Å²) in [5.74, 6) is 1.39. The van der Waals surface area contributed by atoms with Crippen molar-refractivity contribution in [2.24, 2.45) is 11.8 Å². The highest BCUT2D eigenvalue weighted by atomic mass is 16.2. The molecule has 0 radical (unpaired) electrons. The highest BCUT2D eigenvalue weighted by Crippen LogP contribution is 2.25. The van der Waals surface area contributed by atoms with Crippen molar-refractivity contribution in [3.63, 3.8) is 0 Å². The predicted molar refractivity (Wildman–Crippen MR) is 96.6 cm³/mol. The van der Waals surface area contributed by atoms with Crippen molar-refractivity contribution < 1.29 is 4.79 Å². The second kappa shape index (κ2) is 6.61. The van der Waals surface area contributed by atoms with Crippen molar-refractivity contribution >= 4 is 22.4 Å². The predicted octanol–water partition coefficient (Wildman–Crippen LogP) is 4.14. The van der Waals surface area contributed by atoms with Gasteiger partial charge < -0.3 is 10.2 Å². The highest BCUT2D eigenvalue weighted by Gasteiger charge is 2.28. The van der Waals surface area contributed by atoms with E-state index in [1.807, 2.05) is 36.1 Å². The first kappa shape index (κ1) is 15.9. The third-order valence-electron chi connectivity index (χ3n) is 4.71. The van der Waals surface area contributed by atoms with Crippen LogP contribution in [-0.2, 0) is 4.79 Å². The molecule has 0 aliphatic carbocycles. The van der Waals surface area contributed by atoms with Crippen molar-refractivity contribution in [3.05, 3.63) is 42.5 Å². The number of nitrogens with one attached hydrogen (secondary N) is 1. The van der Waals surface area contributed by atoms with Crippen LogP contribution in [0.15, 0.2) is 42.5 Å². The Morgan fingerprint density at radius 2 is 1.74 bits per heavy atom. The zero-order valence-electron chi connectivity index (χ0n) is 14.3. The maximum atomic E-state index is 12.8. The lowest BCUT2D eigenvalue weighted by molar-refractivity contribution is -0.134. The summed E-state index contributed by atoms with van der Waals surface area (Å²) in [5.41, 5.74) is 1.03. The van der Waals surface area contributed by atoms with Crippen molar-refractivity contribution in [2.45, 2.75) is 33.2 Å². The molecule has 1 aliphatic heterocycles. The number of carbonyl (C=O) groups is 1. The van der Waals surface area contributed by atoms with Crippen molar-refractivity contribution in [1.29, 1.82) is 0 Å². The Bertz CT molecular complexity index is 682. The molecule has 1 heterocycles. The number of anilines is 1. The lowest BCUT2D eigenvalue weighted by atomic mass is 9.91. The molecule has 23 heavy (non-hydrogen) atoms. The second-order valence-corrected chi connectivity index (χ2v) is 7.08. The summed E-state index contributed by atoms with van der Waals surface area (Å²) in [6.45, 7) is 8.20. The number of amides is 1. The third-order valence-corrected chi connectivity index (χ3v) is 4.71. The van der Waals surface area contributed by atoms with Crippen LogP contribution in [0.1, 0.15) is 27.2 Å². The van der Waals surface area contributed by atoms with Gasteiger partial charge in [0.15, 0.2) is 0 Å². The van der Waals surface area contributed by atoms with Crippen LogP contribution >= 0.6 is 0 Å². The molecular formula is C20H26N2O. The Balaban J connectivity index is 1.75. The van der Waals surface area contributed by atoms with Gasteiger partial charge in [-0.1, -0.05) is 50.2 Å². The van der Waals surface area contributed by atoms with E-state index in [9.17, 15) is 4.79 Å². The molecule has 2 aromatic carbocycles. The summed E-state index contributed by atoms with van der Waals surface area (Å²) in [5, 5.41) is 5.77. The normalized spacial score (nSPS) is 22.8. The SMILES string of the molecule is C[C@@H]1C[C@H](C)CN(C(=O)[C@@H](C)Nc2cccc3ccccc23)C1. The largest absolute Gasteiger partial charge is 0.373 e. The van der Waals surface area contributed by atoms with E-state index < -0.39 is 0 Å². The average molecular weight is 310 g/mol. The molecule has 1 saturated heterocycles. The van der Waals surface area contributed by atoms with Crippen LogP contribution in [-0.4, -0.2) is 29.9 Å². The van der Waals surface area contributed by atoms with Gasteiger partial charge in [0.25, 0.3) is 0 Å². The Kier molecular flexibility index (Phi) is 4.56. The van der Waals surface area contributed by atoms with Crippen molar-refractivity contribution in [2.75, 3.05) is 18.4 Å². The molecule has 2 aromatic rings. The number of benzene rings is 2. The van der Waals surface area contributed by atoms with Gasteiger partial charge in [0.1, 0.15) is 6.04 Å². The van der Waals surface area contributed by atoms with Crippen LogP contribution in [0.25, 0.3) is 10.8 Å². The first-order valence-corrected chi connectivity index (χ1v) is 8.57. The molecule has 1 aliphatic rings. The lowest BCUT2D eigenvalue weighted by Crippen LogP contribution is -2.48. The van der Waals surface area contributed by atoms with Gasteiger partial charge in [0, 0.05) is 24.2 Å². The molecule has 1 amide bonds. The molecule has 3 nitrogen and oxygen atoms in total. The number of hydrogen-bond acceptors (Lipinski definition) is 2. The Morgan fingerprint density at radius 3 is 2.48 bits per heavy atom. The van der Waals surface area contributed by atoms with Crippen LogP contribution < -0.4 is 5.32 Å². The summed E-state index contributed by atoms with van der Waals surface area (Å²) in [4.78, 5) is 14.8. The number of piperidine rings is 1. The van der Waals surface area contributed by atoms with E-state index in [0.29, 0.717) is 11.8 Å². The minimum atomic E-state index is -0.210. The molecule has 122 valence electrons. The molecule has 0 bridgehead atoms.